The predicted molar refractivity (Wildman–Crippen MR) is 93.8 cm³/mol. The Kier molecular flexibility index (Phi) is 8.12. The number of hydrogen-bond donors (Lipinski definition) is 2. The van der Waals surface area contributed by atoms with Gasteiger partial charge in [-0.3, -0.25) is 4.90 Å². The molecule has 0 spiro atoms. The number of benzene rings is 1. The van der Waals surface area contributed by atoms with Crippen LogP contribution in [0, 0.1) is 5.92 Å². The Morgan fingerprint density at radius 3 is 2.40 bits per heavy atom. The number of piperazine rings is 1. The van der Waals surface area contributed by atoms with Crippen LogP contribution in [0.1, 0.15) is 30.9 Å². The molecule has 0 bridgehead atoms. The molecule has 1 heterocycles. The molecule has 1 saturated heterocycles. The molecule has 25 heavy (non-hydrogen) atoms. The highest BCUT2D eigenvalue weighted by Crippen LogP contribution is 2.43. The number of aromatic hydroxyl groups is 1. The zero-order valence-electron chi connectivity index (χ0n) is 13.6. The number of nitrogens with one attached hydrogen (secondary N) is 1. The lowest BCUT2D eigenvalue weighted by Gasteiger charge is -2.35. The van der Waals surface area contributed by atoms with Gasteiger partial charge in [0.1, 0.15) is 11.5 Å². The van der Waals surface area contributed by atoms with Crippen molar-refractivity contribution < 1.29 is 23.0 Å². The van der Waals surface area contributed by atoms with Crippen molar-refractivity contribution >= 4 is 24.8 Å². The van der Waals surface area contributed by atoms with Crippen molar-refractivity contribution in [2.24, 2.45) is 5.92 Å². The van der Waals surface area contributed by atoms with Gasteiger partial charge in [0.05, 0.1) is 0 Å². The third-order valence-electron chi connectivity index (χ3n) is 4.44. The van der Waals surface area contributed by atoms with E-state index in [9.17, 15) is 18.3 Å². The molecule has 1 aliphatic heterocycles. The van der Waals surface area contributed by atoms with Crippen LogP contribution in [0.2, 0.25) is 0 Å². The molecular formula is C16H23Cl2F3N2O2. The van der Waals surface area contributed by atoms with Crippen LogP contribution in [0.15, 0.2) is 18.2 Å². The van der Waals surface area contributed by atoms with E-state index >= 15 is 0 Å². The highest BCUT2D eigenvalue weighted by molar-refractivity contribution is 5.85. The summed E-state index contributed by atoms with van der Waals surface area (Å²) >= 11 is 0. The maximum absolute atomic E-state index is 12.4. The summed E-state index contributed by atoms with van der Waals surface area (Å²) in [6, 6.07) is 3.70. The average Bonchev–Trinajstić information content (AvgIpc) is 3.31. The number of hydrogen-bond acceptors (Lipinski definition) is 4. The van der Waals surface area contributed by atoms with Crippen LogP contribution in [0.25, 0.3) is 0 Å². The average molecular weight is 403 g/mol. The predicted octanol–water partition coefficient (Wildman–Crippen LogP) is 3.88. The zero-order chi connectivity index (χ0) is 16.4. The first kappa shape index (κ1) is 22.2. The fourth-order valence-electron chi connectivity index (χ4n) is 3.13. The molecule has 144 valence electrons. The number of phenols is 1. The molecule has 0 amide bonds. The van der Waals surface area contributed by atoms with Crippen molar-refractivity contribution in [3.8, 4) is 11.5 Å². The van der Waals surface area contributed by atoms with E-state index in [1.807, 2.05) is 0 Å². The van der Waals surface area contributed by atoms with Gasteiger partial charge in [-0.1, -0.05) is 12.8 Å². The first-order chi connectivity index (χ1) is 10.9. The number of rotatable bonds is 5. The molecule has 2 aliphatic rings. The molecule has 1 aliphatic carbocycles. The van der Waals surface area contributed by atoms with Gasteiger partial charge >= 0.3 is 6.36 Å². The monoisotopic (exact) mass is 402 g/mol. The van der Waals surface area contributed by atoms with Gasteiger partial charge in [-0.2, -0.15) is 0 Å². The minimum Gasteiger partial charge on any atom is -0.508 e. The molecule has 9 heteroatoms. The first-order valence-corrected chi connectivity index (χ1v) is 7.96. The highest BCUT2D eigenvalue weighted by atomic mass is 35.5. The fourth-order valence-corrected chi connectivity index (χ4v) is 3.13. The molecule has 3 rings (SSSR count). The second-order valence-electron chi connectivity index (χ2n) is 6.25. The standard InChI is InChI=1S/C16H21F3N2O2.2ClH/c17-16(18,19)23-12-3-4-15(22)13(10-12)14(9-11-1-2-11)21-7-5-20-6-8-21;;/h3-4,10-11,14,20,22H,1-2,5-9H2;2*1H/t14-;;/m0../s1. The first-order valence-electron chi connectivity index (χ1n) is 7.96. The third kappa shape index (κ3) is 6.40. The van der Waals surface area contributed by atoms with Crippen LogP contribution in [-0.2, 0) is 0 Å². The van der Waals surface area contributed by atoms with Gasteiger partial charge in [0.15, 0.2) is 0 Å². The molecule has 2 N–H and O–H groups in total. The summed E-state index contributed by atoms with van der Waals surface area (Å²) in [5, 5.41) is 13.5. The summed E-state index contributed by atoms with van der Waals surface area (Å²) in [6.45, 7) is 3.34. The summed E-state index contributed by atoms with van der Waals surface area (Å²) in [5.74, 6) is 0.353. The van der Waals surface area contributed by atoms with E-state index in [1.54, 1.807) is 0 Å². The lowest BCUT2D eigenvalue weighted by molar-refractivity contribution is -0.274. The highest BCUT2D eigenvalue weighted by Gasteiger charge is 2.34. The minimum absolute atomic E-state index is 0. The van der Waals surface area contributed by atoms with Crippen molar-refractivity contribution in [1.29, 1.82) is 0 Å². The van der Waals surface area contributed by atoms with Crippen LogP contribution in [0.5, 0.6) is 11.5 Å². The Morgan fingerprint density at radius 2 is 1.84 bits per heavy atom. The largest absolute Gasteiger partial charge is 0.573 e. The molecule has 0 aromatic heterocycles. The van der Waals surface area contributed by atoms with E-state index < -0.39 is 6.36 Å². The zero-order valence-corrected chi connectivity index (χ0v) is 15.2. The summed E-state index contributed by atoms with van der Waals surface area (Å²) < 4.78 is 41.4. The lowest BCUT2D eigenvalue weighted by atomic mass is 9.97. The van der Waals surface area contributed by atoms with E-state index in [1.165, 1.54) is 12.1 Å². The molecule has 1 aromatic carbocycles. The Hall–Kier alpha value is -0.890. The van der Waals surface area contributed by atoms with Crippen LogP contribution < -0.4 is 10.1 Å². The maximum atomic E-state index is 12.4. The molecule has 1 saturated carbocycles. The van der Waals surface area contributed by atoms with Crippen LogP contribution in [0.3, 0.4) is 0 Å². The van der Waals surface area contributed by atoms with Gasteiger partial charge < -0.3 is 15.2 Å². The lowest BCUT2D eigenvalue weighted by Crippen LogP contribution is -2.45. The van der Waals surface area contributed by atoms with Crippen molar-refractivity contribution in [1.82, 2.24) is 10.2 Å². The Labute approximate surface area is 157 Å². The molecule has 2 fully saturated rings. The normalized spacial score (nSPS) is 19.5. The summed E-state index contributed by atoms with van der Waals surface area (Å²) in [6.07, 6.45) is -1.55. The van der Waals surface area contributed by atoms with Gasteiger partial charge in [-0.15, -0.1) is 38.0 Å². The summed E-state index contributed by atoms with van der Waals surface area (Å²) in [7, 11) is 0. The van der Waals surface area contributed by atoms with Crippen molar-refractivity contribution in [3.05, 3.63) is 23.8 Å². The van der Waals surface area contributed by atoms with Gasteiger partial charge in [-0.25, -0.2) is 0 Å². The van der Waals surface area contributed by atoms with E-state index in [0.29, 0.717) is 11.5 Å². The maximum Gasteiger partial charge on any atom is 0.573 e. The number of halogens is 5. The molecule has 4 nitrogen and oxygen atoms in total. The van der Waals surface area contributed by atoms with E-state index in [2.05, 4.69) is 15.0 Å². The van der Waals surface area contributed by atoms with Crippen LogP contribution in [-0.4, -0.2) is 42.5 Å². The van der Waals surface area contributed by atoms with Crippen LogP contribution in [0.4, 0.5) is 13.2 Å². The Bertz CT molecular complexity index is 551. The molecule has 1 atom stereocenters. The van der Waals surface area contributed by atoms with E-state index in [0.717, 1.165) is 51.5 Å². The number of phenolic OH excluding ortho intramolecular Hbond substituents is 1. The summed E-state index contributed by atoms with van der Waals surface area (Å²) in [4.78, 5) is 2.24. The Balaban J connectivity index is 0.00000156. The Morgan fingerprint density at radius 1 is 1.20 bits per heavy atom. The molecule has 0 unspecified atom stereocenters. The van der Waals surface area contributed by atoms with Crippen molar-refractivity contribution in [2.45, 2.75) is 31.7 Å². The van der Waals surface area contributed by atoms with Gasteiger partial charge in [-0.05, 0) is 30.5 Å². The van der Waals surface area contributed by atoms with Crippen molar-refractivity contribution in [3.63, 3.8) is 0 Å². The number of nitrogens with zero attached hydrogens (tertiary/aromatic N) is 1. The van der Waals surface area contributed by atoms with Crippen LogP contribution >= 0.6 is 24.8 Å². The SMILES string of the molecule is Cl.Cl.Oc1ccc(OC(F)(F)F)cc1[C@H](CC1CC1)N1CCNCC1. The number of ether oxygens (including phenoxy) is 1. The summed E-state index contributed by atoms with van der Waals surface area (Å²) in [5.41, 5.74) is 0.528. The topological polar surface area (TPSA) is 44.7 Å². The van der Waals surface area contributed by atoms with Crippen molar-refractivity contribution in [2.75, 3.05) is 26.2 Å². The second kappa shape index (κ2) is 9.16. The molecule has 0 radical (unpaired) electrons. The minimum atomic E-state index is -4.73. The quantitative estimate of drug-likeness (QED) is 0.784. The van der Waals surface area contributed by atoms with E-state index in [-0.39, 0.29) is 42.4 Å². The van der Waals surface area contributed by atoms with Gasteiger partial charge in [0, 0.05) is 37.8 Å². The number of alkyl halides is 3. The smallest absolute Gasteiger partial charge is 0.508 e. The third-order valence-corrected chi connectivity index (χ3v) is 4.44. The fraction of sp³-hybridized carbons (Fsp3) is 0.625. The second-order valence-corrected chi connectivity index (χ2v) is 6.25. The van der Waals surface area contributed by atoms with Gasteiger partial charge in [0.25, 0.3) is 0 Å². The van der Waals surface area contributed by atoms with Gasteiger partial charge in [0.2, 0.25) is 0 Å². The molecular weight excluding hydrogens is 380 g/mol. The molecule has 1 aromatic rings. The van der Waals surface area contributed by atoms with E-state index in [4.69, 9.17) is 0 Å².